The highest BCUT2D eigenvalue weighted by Gasteiger charge is 2.42. The number of rotatable bonds is 9. The molecule has 11 nitrogen and oxygen atoms in total. The number of benzene rings is 2. The molecular weight excluding hydrogens is 548 g/mol. The Morgan fingerprint density at radius 2 is 1.56 bits per heavy atom. The van der Waals surface area contributed by atoms with Crippen LogP contribution in [0.5, 0.6) is 5.75 Å². The van der Waals surface area contributed by atoms with E-state index >= 15 is 0 Å². The molecule has 1 aliphatic heterocycles. The van der Waals surface area contributed by atoms with Crippen molar-refractivity contribution in [1.29, 1.82) is 0 Å². The van der Waals surface area contributed by atoms with Crippen molar-refractivity contribution in [1.82, 2.24) is 19.4 Å². The average Bonchev–Trinajstić information content (AvgIpc) is 2.89. The largest absolute Gasteiger partial charge is 0.480 e. The van der Waals surface area contributed by atoms with Crippen LogP contribution in [0.3, 0.4) is 0 Å². The Hall–Kier alpha value is -3.48. The Kier molecular flexibility index (Phi) is 10.2. The van der Waals surface area contributed by atoms with Crippen LogP contribution in [0, 0.1) is 12.3 Å². The van der Waals surface area contributed by atoms with Gasteiger partial charge >= 0.3 is 12.1 Å². The summed E-state index contributed by atoms with van der Waals surface area (Å²) in [5.74, 6) is -1.66. The zero-order valence-corrected chi connectivity index (χ0v) is 25.3. The Morgan fingerprint density at radius 3 is 2.07 bits per heavy atom. The highest BCUT2D eigenvalue weighted by molar-refractivity contribution is 7.89. The van der Waals surface area contributed by atoms with E-state index in [-0.39, 0.29) is 11.3 Å². The van der Waals surface area contributed by atoms with Gasteiger partial charge in [-0.25, -0.2) is 18.0 Å². The molecule has 0 aromatic heterocycles. The van der Waals surface area contributed by atoms with E-state index in [4.69, 9.17) is 4.74 Å². The lowest BCUT2D eigenvalue weighted by atomic mass is 9.86. The molecule has 0 saturated carbocycles. The SMILES string of the molecule is Cc1ccc(S(=O)(=O)N(C)[C@H](C(=O)N[C@@H](Cc2ccc(OC(=O)N3CCN(C)CC3)cc2)C(=O)O)C(C)(C)C)cc1. The molecule has 41 heavy (non-hydrogen) atoms. The number of sulfonamides is 1. The number of hydrogen-bond acceptors (Lipinski definition) is 7. The van der Waals surface area contributed by atoms with Crippen molar-refractivity contribution in [2.75, 3.05) is 40.3 Å². The van der Waals surface area contributed by atoms with Gasteiger partial charge in [0, 0.05) is 39.6 Å². The lowest BCUT2D eigenvalue weighted by Gasteiger charge is -2.36. The van der Waals surface area contributed by atoms with E-state index in [2.05, 4.69) is 10.2 Å². The van der Waals surface area contributed by atoms with Gasteiger partial charge in [0.05, 0.1) is 4.90 Å². The number of hydrogen-bond donors (Lipinski definition) is 2. The molecule has 0 spiro atoms. The number of nitrogens with one attached hydrogen (secondary N) is 1. The predicted molar refractivity (Wildman–Crippen MR) is 154 cm³/mol. The van der Waals surface area contributed by atoms with E-state index in [1.54, 1.807) is 62.1 Å². The molecule has 2 atom stereocenters. The molecule has 2 amide bonds. The summed E-state index contributed by atoms with van der Waals surface area (Å²) in [6.07, 6.45) is -0.501. The van der Waals surface area contributed by atoms with Gasteiger partial charge in [-0.2, -0.15) is 4.31 Å². The van der Waals surface area contributed by atoms with E-state index in [0.29, 0.717) is 24.4 Å². The van der Waals surface area contributed by atoms with Crippen LogP contribution in [0.25, 0.3) is 0 Å². The van der Waals surface area contributed by atoms with Crippen LogP contribution in [0.1, 0.15) is 31.9 Å². The number of carboxylic acids is 1. The lowest BCUT2D eigenvalue weighted by molar-refractivity contribution is -0.143. The number of aryl methyl sites for hydroxylation is 1. The van der Waals surface area contributed by atoms with Gasteiger partial charge in [0.25, 0.3) is 0 Å². The summed E-state index contributed by atoms with van der Waals surface area (Å²) in [6.45, 7) is 9.67. The number of ether oxygens (including phenoxy) is 1. The van der Waals surface area contributed by atoms with Crippen molar-refractivity contribution in [3.8, 4) is 5.75 Å². The molecule has 2 aromatic rings. The standard InChI is InChI=1S/C29H40N4O7S/c1-20-7-13-23(14-8-20)41(38,39)32(6)25(29(2,3)4)26(34)30-24(27(35)36)19-21-9-11-22(12-10-21)40-28(37)33-17-15-31(5)16-18-33/h7-14,24-25H,15-19H2,1-6H3,(H,30,34)(H,35,36)/t24-,25+/m0/s1. The summed E-state index contributed by atoms with van der Waals surface area (Å²) >= 11 is 0. The molecule has 0 radical (unpaired) electrons. The second-order valence-electron chi connectivity index (χ2n) is 11.5. The molecule has 0 bridgehead atoms. The predicted octanol–water partition coefficient (Wildman–Crippen LogP) is 2.59. The van der Waals surface area contributed by atoms with Gasteiger partial charge in [0.1, 0.15) is 17.8 Å². The second-order valence-corrected chi connectivity index (χ2v) is 13.5. The van der Waals surface area contributed by atoms with Crippen molar-refractivity contribution < 1.29 is 32.6 Å². The summed E-state index contributed by atoms with van der Waals surface area (Å²) in [7, 11) is -0.735. The Labute approximate surface area is 242 Å². The molecule has 224 valence electrons. The molecule has 12 heteroatoms. The highest BCUT2D eigenvalue weighted by Crippen LogP contribution is 2.29. The lowest BCUT2D eigenvalue weighted by Crippen LogP contribution is -2.57. The zero-order valence-electron chi connectivity index (χ0n) is 24.5. The number of amides is 2. The molecule has 0 aliphatic carbocycles. The normalized spacial score (nSPS) is 16.2. The molecule has 1 fully saturated rings. The van der Waals surface area contributed by atoms with E-state index in [1.807, 2.05) is 14.0 Å². The Morgan fingerprint density at radius 1 is 1.00 bits per heavy atom. The van der Waals surface area contributed by atoms with Gasteiger partial charge in [0.2, 0.25) is 15.9 Å². The molecule has 1 heterocycles. The van der Waals surface area contributed by atoms with Crippen molar-refractivity contribution in [2.24, 2.45) is 5.41 Å². The van der Waals surface area contributed by atoms with Gasteiger partial charge in [-0.15, -0.1) is 0 Å². The summed E-state index contributed by atoms with van der Waals surface area (Å²) in [4.78, 5) is 41.8. The first kappa shape index (κ1) is 32.0. The first-order valence-electron chi connectivity index (χ1n) is 13.4. The minimum Gasteiger partial charge on any atom is -0.480 e. The fourth-order valence-electron chi connectivity index (χ4n) is 4.65. The van der Waals surface area contributed by atoms with Gasteiger partial charge in [-0.3, -0.25) is 4.79 Å². The summed E-state index contributed by atoms with van der Waals surface area (Å²) in [5, 5.41) is 12.4. The Bertz CT molecular complexity index is 1330. The molecule has 1 saturated heterocycles. The van der Waals surface area contributed by atoms with E-state index in [0.717, 1.165) is 23.0 Å². The summed E-state index contributed by atoms with van der Waals surface area (Å²) < 4.78 is 33.2. The Balaban J connectivity index is 1.71. The minimum atomic E-state index is -4.05. The van der Waals surface area contributed by atoms with E-state index in [1.165, 1.54) is 19.2 Å². The number of aliphatic carboxylic acids is 1. The zero-order chi connectivity index (χ0) is 30.5. The number of carbonyl (C=O) groups excluding carboxylic acids is 2. The first-order valence-corrected chi connectivity index (χ1v) is 14.9. The van der Waals surface area contributed by atoms with Crippen LogP contribution in [-0.4, -0.2) is 98.0 Å². The molecule has 1 aliphatic rings. The van der Waals surface area contributed by atoms with Gasteiger partial charge in [-0.1, -0.05) is 50.6 Å². The molecule has 0 unspecified atom stereocenters. The van der Waals surface area contributed by atoms with Crippen LogP contribution < -0.4 is 10.1 Å². The maximum absolute atomic E-state index is 13.5. The third-order valence-corrected chi connectivity index (χ3v) is 8.91. The van der Waals surface area contributed by atoms with Crippen LogP contribution >= 0.6 is 0 Å². The fraction of sp³-hybridized carbons (Fsp3) is 0.483. The molecule has 2 aromatic carbocycles. The number of carbonyl (C=O) groups is 3. The van der Waals surface area contributed by atoms with Crippen LogP contribution in [0.2, 0.25) is 0 Å². The van der Waals surface area contributed by atoms with Crippen molar-refractivity contribution in [3.05, 3.63) is 59.7 Å². The van der Waals surface area contributed by atoms with E-state index in [9.17, 15) is 27.9 Å². The minimum absolute atomic E-state index is 0.0378. The van der Waals surface area contributed by atoms with Gasteiger partial charge < -0.3 is 25.0 Å². The number of piperazine rings is 1. The molecule has 3 rings (SSSR count). The fourth-order valence-corrected chi connectivity index (χ4v) is 6.16. The van der Waals surface area contributed by atoms with Gasteiger partial charge in [0.15, 0.2) is 0 Å². The van der Waals surface area contributed by atoms with Crippen LogP contribution in [0.4, 0.5) is 4.79 Å². The maximum atomic E-state index is 13.5. The smallest absolute Gasteiger partial charge is 0.415 e. The van der Waals surface area contributed by atoms with E-state index < -0.39 is 45.5 Å². The number of carboxylic acid groups (broad SMARTS) is 1. The number of nitrogens with zero attached hydrogens (tertiary/aromatic N) is 3. The quantitative estimate of drug-likeness (QED) is 0.456. The van der Waals surface area contributed by atoms with Gasteiger partial charge in [-0.05, 0) is 49.2 Å². The van der Waals surface area contributed by atoms with Crippen LogP contribution in [-0.2, 0) is 26.0 Å². The van der Waals surface area contributed by atoms with Crippen LogP contribution in [0.15, 0.2) is 53.4 Å². The second kappa shape index (κ2) is 13.0. The highest BCUT2D eigenvalue weighted by atomic mass is 32.2. The number of likely N-dealkylation sites (N-methyl/N-ethyl adjacent to an activating group) is 2. The first-order chi connectivity index (χ1) is 19.1. The summed E-state index contributed by atoms with van der Waals surface area (Å²) in [5.41, 5.74) is 0.627. The van der Waals surface area contributed by atoms with Crippen molar-refractivity contribution in [3.63, 3.8) is 0 Å². The monoisotopic (exact) mass is 588 g/mol. The maximum Gasteiger partial charge on any atom is 0.415 e. The molecule has 2 N–H and O–H groups in total. The average molecular weight is 589 g/mol. The van der Waals surface area contributed by atoms with Crippen molar-refractivity contribution in [2.45, 2.75) is 51.1 Å². The third-order valence-electron chi connectivity index (χ3n) is 7.07. The van der Waals surface area contributed by atoms with Crippen molar-refractivity contribution >= 4 is 28.0 Å². The summed E-state index contributed by atoms with van der Waals surface area (Å²) in [6, 6.07) is 10.2. The molecular formula is C29H40N4O7S. The third kappa shape index (κ3) is 8.27. The topological polar surface area (TPSA) is 137 Å².